The zero-order valence-electron chi connectivity index (χ0n) is 19.3. The Labute approximate surface area is 188 Å². The lowest BCUT2D eigenvalue weighted by molar-refractivity contribution is -0.124. The molecule has 0 spiro atoms. The van der Waals surface area contributed by atoms with Crippen molar-refractivity contribution in [2.75, 3.05) is 0 Å². The number of amides is 2. The van der Waals surface area contributed by atoms with Gasteiger partial charge in [-0.05, 0) is 43.0 Å². The molecular weight excluding hydrogens is 406 g/mol. The molecule has 0 fully saturated rings. The number of nitrogens with one attached hydrogen (secondary N) is 2. The van der Waals surface area contributed by atoms with Crippen LogP contribution in [0.15, 0.2) is 48.7 Å². The number of ether oxygens (including phenoxy) is 1. The number of alkyl carbamates (subject to hydrolysis) is 1. The molecule has 0 aliphatic heterocycles. The van der Waals surface area contributed by atoms with Gasteiger partial charge in [-0.1, -0.05) is 61.5 Å². The molecule has 3 rings (SSSR count). The Bertz CT molecular complexity index is 1080. The third-order valence-electron chi connectivity index (χ3n) is 4.86. The molecule has 3 aromatic rings. The molecule has 0 aliphatic rings. The van der Waals surface area contributed by atoms with Gasteiger partial charge in [0.05, 0.1) is 19.3 Å². The predicted octanol–water partition coefficient (Wildman–Crippen LogP) is 3.65. The van der Waals surface area contributed by atoms with Gasteiger partial charge in [-0.3, -0.25) is 4.79 Å². The van der Waals surface area contributed by atoms with E-state index in [0.29, 0.717) is 12.2 Å². The maximum absolute atomic E-state index is 12.7. The van der Waals surface area contributed by atoms with Crippen LogP contribution in [0.4, 0.5) is 4.79 Å². The summed E-state index contributed by atoms with van der Waals surface area (Å²) in [5.74, 6) is -0.404. The van der Waals surface area contributed by atoms with E-state index in [4.69, 9.17) is 4.74 Å². The van der Waals surface area contributed by atoms with Gasteiger partial charge in [-0.15, -0.1) is 5.10 Å². The van der Waals surface area contributed by atoms with Gasteiger partial charge in [0.1, 0.15) is 17.3 Å². The van der Waals surface area contributed by atoms with E-state index in [9.17, 15) is 9.59 Å². The van der Waals surface area contributed by atoms with Gasteiger partial charge in [0, 0.05) is 0 Å². The maximum Gasteiger partial charge on any atom is 0.408 e. The SMILES string of the molecule is CC(C)[C@H](NC(=O)OC(C)(C)C)C(=O)NCc1cn(Cc2cccc3ccccc23)nn1. The molecule has 0 saturated carbocycles. The van der Waals surface area contributed by atoms with Crippen LogP contribution < -0.4 is 10.6 Å². The first-order valence-electron chi connectivity index (χ1n) is 10.8. The van der Waals surface area contributed by atoms with E-state index in [-0.39, 0.29) is 18.4 Å². The fraction of sp³-hybridized carbons (Fsp3) is 0.417. The van der Waals surface area contributed by atoms with Crippen LogP contribution in [-0.4, -0.2) is 38.6 Å². The zero-order chi connectivity index (χ0) is 23.3. The molecule has 1 heterocycles. The van der Waals surface area contributed by atoms with Crippen LogP contribution in [-0.2, 0) is 22.6 Å². The molecule has 0 radical (unpaired) electrons. The second-order valence-corrected chi connectivity index (χ2v) is 9.13. The number of carbonyl (C=O) groups is 2. The molecule has 32 heavy (non-hydrogen) atoms. The average molecular weight is 438 g/mol. The van der Waals surface area contributed by atoms with Crippen LogP contribution in [0.1, 0.15) is 45.9 Å². The van der Waals surface area contributed by atoms with Crippen molar-refractivity contribution in [3.8, 4) is 0 Å². The Morgan fingerprint density at radius 1 is 1.09 bits per heavy atom. The summed E-state index contributed by atoms with van der Waals surface area (Å²) in [7, 11) is 0. The Kier molecular flexibility index (Phi) is 7.12. The van der Waals surface area contributed by atoms with Gasteiger partial charge in [-0.25, -0.2) is 9.48 Å². The van der Waals surface area contributed by atoms with Gasteiger partial charge < -0.3 is 15.4 Å². The van der Waals surface area contributed by atoms with Crippen LogP contribution in [0.3, 0.4) is 0 Å². The van der Waals surface area contributed by atoms with E-state index < -0.39 is 17.7 Å². The van der Waals surface area contributed by atoms with Gasteiger partial charge in [0.25, 0.3) is 0 Å². The fourth-order valence-electron chi connectivity index (χ4n) is 3.36. The number of hydrogen-bond donors (Lipinski definition) is 2. The molecule has 2 N–H and O–H groups in total. The second-order valence-electron chi connectivity index (χ2n) is 9.13. The first-order chi connectivity index (χ1) is 15.1. The van der Waals surface area contributed by atoms with Crippen molar-refractivity contribution in [2.24, 2.45) is 5.92 Å². The first kappa shape index (κ1) is 23.2. The molecule has 2 amide bonds. The summed E-state index contributed by atoms with van der Waals surface area (Å²) >= 11 is 0. The van der Waals surface area contributed by atoms with Gasteiger partial charge in [-0.2, -0.15) is 0 Å². The summed E-state index contributed by atoms with van der Waals surface area (Å²) in [5, 5.41) is 16.2. The maximum atomic E-state index is 12.7. The first-order valence-corrected chi connectivity index (χ1v) is 10.8. The monoisotopic (exact) mass is 437 g/mol. The molecule has 0 unspecified atom stereocenters. The highest BCUT2D eigenvalue weighted by Crippen LogP contribution is 2.19. The van der Waals surface area contributed by atoms with Crippen molar-refractivity contribution in [3.05, 3.63) is 59.9 Å². The summed E-state index contributed by atoms with van der Waals surface area (Å²) in [4.78, 5) is 24.8. The Morgan fingerprint density at radius 3 is 2.53 bits per heavy atom. The summed E-state index contributed by atoms with van der Waals surface area (Å²) in [6, 6.07) is 13.7. The van der Waals surface area contributed by atoms with E-state index in [1.54, 1.807) is 25.5 Å². The molecule has 8 nitrogen and oxygen atoms in total. The van der Waals surface area contributed by atoms with Crippen LogP contribution in [0.25, 0.3) is 10.8 Å². The summed E-state index contributed by atoms with van der Waals surface area (Å²) in [6.45, 7) is 9.85. The minimum atomic E-state index is -0.712. The van der Waals surface area contributed by atoms with E-state index in [0.717, 1.165) is 5.56 Å². The Morgan fingerprint density at radius 2 is 1.81 bits per heavy atom. The number of carbonyl (C=O) groups excluding carboxylic acids is 2. The van der Waals surface area contributed by atoms with Gasteiger partial charge >= 0.3 is 6.09 Å². The van der Waals surface area contributed by atoms with Gasteiger partial charge in [0.2, 0.25) is 5.91 Å². The van der Waals surface area contributed by atoms with Crippen LogP contribution in [0, 0.1) is 5.92 Å². The molecule has 1 aromatic heterocycles. The quantitative estimate of drug-likeness (QED) is 0.588. The summed E-state index contributed by atoms with van der Waals surface area (Å²) < 4.78 is 7.02. The minimum absolute atomic E-state index is 0.107. The molecule has 2 aromatic carbocycles. The zero-order valence-corrected chi connectivity index (χ0v) is 19.3. The van der Waals surface area contributed by atoms with Crippen molar-refractivity contribution < 1.29 is 14.3 Å². The molecule has 8 heteroatoms. The number of nitrogens with zero attached hydrogens (tertiary/aromatic N) is 3. The van der Waals surface area contributed by atoms with Crippen molar-refractivity contribution in [1.82, 2.24) is 25.6 Å². The molecule has 1 atom stereocenters. The van der Waals surface area contributed by atoms with Crippen LogP contribution >= 0.6 is 0 Å². The third kappa shape index (κ3) is 6.29. The second kappa shape index (κ2) is 9.80. The third-order valence-corrected chi connectivity index (χ3v) is 4.86. The Hall–Kier alpha value is -3.42. The highest BCUT2D eigenvalue weighted by Gasteiger charge is 2.26. The van der Waals surface area contributed by atoms with Crippen LogP contribution in [0.2, 0.25) is 0 Å². The minimum Gasteiger partial charge on any atom is -0.444 e. The van der Waals surface area contributed by atoms with Crippen molar-refractivity contribution in [2.45, 2.75) is 59.4 Å². The van der Waals surface area contributed by atoms with Crippen molar-refractivity contribution in [1.29, 1.82) is 0 Å². The van der Waals surface area contributed by atoms with E-state index in [1.165, 1.54) is 10.8 Å². The van der Waals surface area contributed by atoms with Gasteiger partial charge in [0.15, 0.2) is 0 Å². The van der Waals surface area contributed by atoms with Crippen molar-refractivity contribution in [3.63, 3.8) is 0 Å². The lowest BCUT2D eigenvalue weighted by atomic mass is 10.0. The normalized spacial score (nSPS) is 12.6. The van der Waals surface area contributed by atoms with E-state index in [1.807, 2.05) is 38.2 Å². The molecule has 0 bridgehead atoms. The fourth-order valence-corrected chi connectivity index (χ4v) is 3.36. The average Bonchev–Trinajstić information content (AvgIpc) is 3.16. The van der Waals surface area contributed by atoms with E-state index in [2.05, 4.69) is 45.2 Å². The Balaban J connectivity index is 1.60. The highest BCUT2D eigenvalue weighted by atomic mass is 16.6. The molecular formula is C24H31N5O3. The lowest BCUT2D eigenvalue weighted by Gasteiger charge is -2.25. The largest absolute Gasteiger partial charge is 0.444 e. The van der Waals surface area contributed by atoms with Crippen molar-refractivity contribution >= 4 is 22.8 Å². The number of fused-ring (bicyclic) bond motifs is 1. The summed E-state index contributed by atoms with van der Waals surface area (Å²) in [5.41, 5.74) is 1.15. The number of hydrogen-bond acceptors (Lipinski definition) is 5. The predicted molar refractivity (Wildman–Crippen MR) is 123 cm³/mol. The standard InChI is InChI=1S/C24H31N5O3/c1-16(2)21(26-23(31)32-24(3,4)5)22(30)25-13-19-15-29(28-27-19)14-18-11-8-10-17-9-6-7-12-20(17)18/h6-12,15-16,21H,13-14H2,1-5H3,(H,25,30)(H,26,31)/t21-/m0/s1. The lowest BCUT2D eigenvalue weighted by Crippen LogP contribution is -2.50. The number of aromatic nitrogens is 3. The number of benzene rings is 2. The smallest absolute Gasteiger partial charge is 0.408 e. The molecule has 0 aliphatic carbocycles. The highest BCUT2D eigenvalue weighted by molar-refractivity contribution is 5.86. The molecule has 170 valence electrons. The number of rotatable bonds is 7. The van der Waals surface area contributed by atoms with Crippen LogP contribution in [0.5, 0.6) is 0 Å². The van der Waals surface area contributed by atoms with E-state index >= 15 is 0 Å². The topological polar surface area (TPSA) is 98.1 Å². The molecule has 0 saturated heterocycles. The summed E-state index contributed by atoms with van der Waals surface area (Å²) in [6.07, 6.45) is 1.20.